The van der Waals surface area contributed by atoms with Gasteiger partial charge in [0.15, 0.2) is 0 Å². The van der Waals surface area contributed by atoms with Crippen molar-refractivity contribution < 1.29 is 0 Å². The first-order valence-electron chi connectivity index (χ1n) is 5.39. The normalized spacial score (nSPS) is 27.3. The maximum absolute atomic E-state index is 5.87. The molecule has 0 bridgehead atoms. The van der Waals surface area contributed by atoms with Crippen LogP contribution in [0.3, 0.4) is 0 Å². The van der Waals surface area contributed by atoms with E-state index < -0.39 is 0 Å². The fraction of sp³-hybridized carbons (Fsp3) is 0.500. The van der Waals surface area contributed by atoms with Gasteiger partial charge in [-0.05, 0) is 42.3 Å². The Morgan fingerprint density at radius 1 is 1.60 bits per heavy atom. The Bertz CT molecular complexity index is 345. The van der Waals surface area contributed by atoms with Crippen molar-refractivity contribution in [1.82, 2.24) is 5.32 Å². The van der Waals surface area contributed by atoms with Crippen LogP contribution in [0, 0.1) is 5.92 Å². The molecule has 0 saturated carbocycles. The van der Waals surface area contributed by atoms with Crippen LogP contribution < -0.4 is 5.32 Å². The van der Waals surface area contributed by atoms with Crippen LogP contribution in [0.2, 0.25) is 4.34 Å². The number of nitrogens with one attached hydrogen (secondary N) is 1. The quantitative estimate of drug-likeness (QED) is 0.831. The molecule has 1 saturated heterocycles. The molecule has 0 radical (unpaired) electrons. The predicted molar refractivity (Wildman–Crippen MR) is 68.6 cm³/mol. The molecule has 0 spiro atoms. The summed E-state index contributed by atoms with van der Waals surface area (Å²) in [5.41, 5.74) is 1.21. The number of piperidine rings is 1. The van der Waals surface area contributed by atoms with Crippen molar-refractivity contribution in [2.75, 3.05) is 6.54 Å². The molecule has 2 heterocycles. The lowest BCUT2D eigenvalue weighted by molar-refractivity contribution is 0.357. The van der Waals surface area contributed by atoms with Crippen LogP contribution in [0.1, 0.15) is 25.3 Å². The van der Waals surface area contributed by atoms with Gasteiger partial charge in [-0.2, -0.15) is 0 Å². The van der Waals surface area contributed by atoms with Gasteiger partial charge in [0, 0.05) is 6.04 Å². The predicted octanol–water partition coefficient (Wildman–Crippen LogP) is 3.80. The zero-order chi connectivity index (χ0) is 10.7. The van der Waals surface area contributed by atoms with E-state index in [0.717, 1.165) is 16.8 Å². The summed E-state index contributed by atoms with van der Waals surface area (Å²) in [5, 5.41) is 5.60. The fourth-order valence-corrected chi connectivity index (χ4v) is 2.79. The number of rotatable bonds is 2. The summed E-state index contributed by atoms with van der Waals surface area (Å²) in [4.78, 5) is 0. The maximum Gasteiger partial charge on any atom is 0.0934 e. The third-order valence-corrected chi connectivity index (χ3v) is 3.92. The molecule has 1 aliphatic rings. The number of thiophene rings is 1. The fourth-order valence-electron chi connectivity index (χ4n) is 1.93. The zero-order valence-corrected chi connectivity index (χ0v) is 10.4. The molecule has 0 amide bonds. The molecule has 3 heteroatoms. The molecular weight excluding hydrogens is 226 g/mol. The Balaban J connectivity index is 1.93. The molecule has 1 fully saturated rings. The van der Waals surface area contributed by atoms with Gasteiger partial charge in [0.1, 0.15) is 0 Å². The summed E-state index contributed by atoms with van der Waals surface area (Å²) in [6.45, 7) is 3.46. The van der Waals surface area contributed by atoms with Gasteiger partial charge in [-0.15, -0.1) is 11.3 Å². The van der Waals surface area contributed by atoms with E-state index in [-0.39, 0.29) is 0 Å². The monoisotopic (exact) mass is 241 g/mol. The molecule has 1 aliphatic heterocycles. The first-order chi connectivity index (χ1) is 7.24. The van der Waals surface area contributed by atoms with Gasteiger partial charge in [-0.3, -0.25) is 0 Å². The van der Waals surface area contributed by atoms with Crippen molar-refractivity contribution in [2.45, 2.75) is 25.8 Å². The lowest BCUT2D eigenvalue weighted by atomic mass is 9.94. The third kappa shape index (κ3) is 3.33. The van der Waals surface area contributed by atoms with E-state index in [1.54, 1.807) is 11.3 Å². The zero-order valence-electron chi connectivity index (χ0n) is 8.87. The SMILES string of the molecule is CC1CCNC(/C=C/c2csc(Cl)c2)C1. The van der Waals surface area contributed by atoms with Crippen LogP contribution in [0.25, 0.3) is 6.08 Å². The van der Waals surface area contributed by atoms with Gasteiger partial charge in [0.25, 0.3) is 0 Å². The summed E-state index contributed by atoms with van der Waals surface area (Å²) >= 11 is 7.46. The lowest BCUT2D eigenvalue weighted by Gasteiger charge is -2.25. The second-order valence-corrected chi connectivity index (χ2v) is 5.78. The smallest absolute Gasteiger partial charge is 0.0934 e. The van der Waals surface area contributed by atoms with Crippen LogP contribution in [0.5, 0.6) is 0 Å². The third-order valence-electron chi connectivity index (χ3n) is 2.81. The van der Waals surface area contributed by atoms with Crippen molar-refractivity contribution in [3.63, 3.8) is 0 Å². The van der Waals surface area contributed by atoms with Crippen molar-refractivity contribution in [3.05, 3.63) is 27.4 Å². The van der Waals surface area contributed by atoms with E-state index in [1.165, 1.54) is 18.4 Å². The first kappa shape index (κ1) is 11.2. The first-order valence-corrected chi connectivity index (χ1v) is 6.65. The van der Waals surface area contributed by atoms with Crippen molar-refractivity contribution >= 4 is 29.0 Å². The van der Waals surface area contributed by atoms with E-state index in [1.807, 2.05) is 6.07 Å². The second kappa shape index (κ2) is 5.15. The molecule has 2 atom stereocenters. The molecule has 2 unspecified atom stereocenters. The van der Waals surface area contributed by atoms with Crippen LogP contribution >= 0.6 is 22.9 Å². The summed E-state index contributed by atoms with van der Waals surface area (Å²) in [6, 6.07) is 2.54. The number of hydrogen-bond acceptors (Lipinski definition) is 2. The largest absolute Gasteiger partial charge is 0.310 e. The summed E-state index contributed by atoms with van der Waals surface area (Å²) < 4.78 is 0.861. The van der Waals surface area contributed by atoms with Crippen LogP contribution in [0.4, 0.5) is 0 Å². The molecular formula is C12H16ClNS. The number of hydrogen-bond donors (Lipinski definition) is 1. The Morgan fingerprint density at radius 2 is 2.47 bits per heavy atom. The molecule has 1 N–H and O–H groups in total. The summed E-state index contributed by atoms with van der Waals surface area (Å²) in [6.07, 6.45) is 6.97. The standard InChI is InChI=1S/C12H16ClNS/c1-9-4-5-14-11(6-9)3-2-10-7-12(13)15-8-10/h2-3,7-9,11,14H,4-6H2,1H3/b3-2+. The van der Waals surface area contributed by atoms with Crippen molar-refractivity contribution in [1.29, 1.82) is 0 Å². The molecule has 15 heavy (non-hydrogen) atoms. The van der Waals surface area contributed by atoms with E-state index >= 15 is 0 Å². The van der Waals surface area contributed by atoms with Crippen LogP contribution in [-0.2, 0) is 0 Å². The van der Waals surface area contributed by atoms with E-state index in [0.29, 0.717) is 6.04 Å². The highest BCUT2D eigenvalue weighted by atomic mass is 35.5. The minimum atomic E-state index is 0.535. The molecule has 0 aromatic carbocycles. The average Bonchev–Trinajstić information content (AvgIpc) is 2.62. The topological polar surface area (TPSA) is 12.0 Å². The molecule has 0 aliphatic carbocycles. The van der Waals surface area contributed by atoms with E-state index in [9.17, 15) is 0 Å². The van der Waals surface area contributed by atoms with E-state index in [4.69, 9.17) is 11.6 Å². The summed E-state index contributed by atoms with van der Waals surface area (Å²) in [7, 11) is 0. The van der Waals surface area contributed by atoms with E-state index in [2.05, 4.69) is 29.8 Å². The summed E-state index contributed by atoms with van der Waals surface area (Å²) in [5.74, 6) is 0.840. The highest BCUT2D eigenvalue weighted by Crippen LogP contribution is 2.22. The molecule has 1 aromatic heterocycles. The maximum atomic E-state index is 5.87. The minimum absolute atomic E-state index is 0.535. The Morgan fingerprint density at radius 3 is 3.13 bits per heavy atom. The van der Waals surface area contributed by atoms with Crippen LogP contribution in [-0.4, -0.2) is 12.6 Å². The molecule has 1 nitrogen and oxygen atoms in total. The van der Waals surface area contributed by atoms with Crippen molar-refractivity contribution in [2.24, 2.45) is 5.92 Å². The Labute approximate surface area is 100 Å². The number of halogens is 1. The molecule has 2 rings (SSSR count). The van der Waals surface area contributed by atoms with Gasteiger partial charge in [-0.25, -0.2) is 0 Å². The van der Waals surface area contributed by atoms with Gasteiger partial charge >= 0.3 is 0 Å². The Kier molecular flexibility index (Phi) is 3.84. The van der Waals surface area contributed by atoms with Gasteiger partial charge < -0.3 is 5.32 Å². The highest BCUT2D eigenvalue weighted by molar-refractivity contribution is 7.14. The minimum Gasteiger partial charge on any atom is -0.310 e. The van der Waals surface area contributed by atoms with Crippen LogP contribution in [0.15, 0.2) is 17.5 Å². The van der Waals surface area contributed by atoms with Gasteiger partial charge in [0.05, 0.1) is 4.34 Å². The average molecular weight is 242 g/mol. The molecule has 1 aromatic rings. The van der Waals surface area contributed by atoms with Gasteiger partial charge in [0.2, 0.25) is 0 Å². The second-order valence-electron chi connectivity index (χ2n) is 4.23. The van der Waals surface area contributed by atoms with Gasteiger partial charge in [-0.1, -0.05) is 30.7 Å². The Hall–Kier alpha value is -0.310. The highest BCUT2D eigenvalue weighted by Gasteiger charge is 2.15. The van der Waals surface area contributed by atoms with Crippen molar-refractivity contribution in [3.8, 4) is 0 Å². The lowest BCUT2D eigenvalue weighted by Crippen LogP contribution is -2.35. The molecule has 82 valence electrons.